The van der Waals surface area contributed by atoms with E-state index in [9.17, 15) is 13.2 Å². The van der Waals surface area contributed by atoms with E-state index in [1.807, 2.05) is 6.92 Å². The number of hydrogen-bond donors (Lipinski definition) is 1. The van der Waals surface area contributed by atoms with Crippen LogP contribution in [0.1, 0.15) is 13.0 Å². The van der Waals surface area contributed by atoms with Gasteiger partial charge in [-0.15, -0.1) is 0 Å². The van der Waals surface area contributed by atoms with Crippen LogP contribution in [0.25, 0.3) is 22.4 Å². The fourth-order valence-electron chi connectivity index (χ4n) is 2.47. The Morgan fingerprint density at radius 3 is 2.45 bits per heavy atom. The summed E-state index contributed by atoms with van der Waals surface area (Å²) in [6.45, 7) is 2.07. The van der Waals surface area contributed by atoms with Gasteiger partial charge in [0.2, 0.25) is 0 Å². The predicted octanol–water partition coefficient (Wildman–Crippen LogP) is 3.64. The highest BCUT2D eigenvalue weighted by Gasteiger charge is 2.20. The topological polar surface area (TPSA) is 43.8 Å². The van der Waals surface area contributed by atoms with E-state index in [-0.39, 0.29) is 23.7 Å². The lowest BCUT2D eigenvalue weighted by Crippen LogP contribution is -2.17. The molecule has 1 aromatic heterocycles. The molecular formula is C16H14F3N3. The van der Waals surface area contributed by atoms with Crippen molar-refractivity contribution in [2.24, 2.45) is 5.73 Å². The second kappa shape index (κ2) is 5.46. The number of fused-ring (bicyclic) bond motifs is 1. The normalized spacial score (nSPS) is 12.8. The Morgan fingerprint density at radius 2 is 1.77 bits per heavy atom. The van der Waals surface area contributed by atoms with Crippen LogP contribution in [0, 0.1) is 17.5 Å². The molecule has 0 fully saturated rings. The maximum Gasteiger partial charge on any atom is 0.161 e. The summed E-state index contributed by atoms with van der Waals surface area (Å²) in [5.41, 5.74) is 6.61. The Labute approximate surface area is 125 Å². The third kappa shape index (κ3) is 2.25. The Hall–Kier alpha value is -2.34. The molecule has 1 heterocycles. The molecule has 0 radical (unpaired) electrons. The van der Waals surface area contributed by atoms with Crippen molar-refractivity contribution in [3.05, 3.63) is 53.8 Å². The van der Waals surface area contributed by atoms with Gasteiger partial charge in [-0.1, -0.05) is 12.1 Å². The third-order valence-corrected chi connectivity index (χ3v) is 3.63. The van der Waals surface area contributed by atoms with Gasteiger partial charge in [0.15, 0.2) is 11.6 Å². The van der Waals surface area contributed by atoms with Crippen molar-refractivity contribution in [3.63, 3.8) is 0 Å². The largest absolute Gasteiger partial charge is 0.328 e. The van der Waals surface area contributed by atoms with Crippen LogP contribution in [-0.2, 0) is 0 Å². The third-order valence-electron chi connectivity index (χ3n) is 3.63. The van der Waals surface area contributed by atoms with Gasteiger partial charge in [-0.2, -0.15) is 0 Å². The maximum absolute atomic E-state index is 14.1. The maximum atomic E-state index is 14.1. The van der Waals surface area contributed by atoms with Gasteiger partial charge in [-0.05, 0) is 19.1 Å². The molecule has 2 aromatic carbocycles. The SMILES string of the molecule is CC(CN)n1c(-c2ccccc2F)nc2cc(F)c(F)cc21. The molecule has 0 saturated carbocycles. The molecule has 22 heavy (non-hydrogen) atoms. The highest BCUT2D eigenvalue weighted by atomic mass is 19.2. The lowest BCUT2D eigenvalue weighted by atomic mass is 10.2. The van der Waals surface area contributed by atoms with E-state index in [0.717, 1.165) is 12.1 Å². The molecule has 0 saturated heterocycles. The van der Waals surface area contributed by atoms with Crippen LogP contribution in [0.5, 0.6) is 0 Å². The second-order valence-corrected chi connectivity index (χ2v) is 5.13. The molecule has 1 atom stereocenters. The Balaban J connectivity index is 2.36. The van der Waals surface area contributed by atoms with Gasteiger partial charge in [0.25, 0.3) is 0 Å². The molecule has 0 amide bonds. The quantitative estimate of drug-likeness (QED) is 0.803. The summed E-state index contributed by atoms with van der Waals surface area (Å²) in [6, 6.07) is 7.96. The van der Waals surface area contributed by atoms with Gasteiger partial charge in [-0.3, -0.25) is 0 Å². The Morgan fingerprint density at radius 1 is 1.09 bits per heavy atom. The molecule has 0 spiro atoms. The molecule has 2 N–H and O–H groups in total. The van der Waals surface area contributed by atoms with Gasteiger partial charge >= 0.3 is 0 Å². The highest BCUT2D eigenvalue weighted by molar-refractivity contribution is 5.81. The fourth-order valence-corrected chi connectivity index (χ4v) is 2.47. The minimum absolute atomic E-state index is 0.246. The first-order valence-electron chi connectivity index (χ1n) is 6.85. The molecule has 3 aromatic rings. The van der Waals surface area contributed by atoms with Gasteiger partial charge in [-0.25, -0.2) is 18.2 Å². The molecule has 0 bridgehead atoms. The van der Waals surface area contributed by atoms with Crippen molar-refractivity contribution in [1.82, 2.24) is 9.55 Å². The Kier molecular flexibility index (Phi) is 3.62. The molecule has 3 rings (SSSR count). The molecule has 6 heteroatoms. The average Bonchev–Trinajstić information content (AvgIpc) is 2.85. The van der Waals surface area contributed by atoms with E-state index in [2.05, 4.69) is 4.98 Å². The number of rotatable bonds is 3. The smallest absolute Gasteiger partial charge is 0.161 e. The fraction of sp³-hybridized carbons (Fsp3) is 0.188. The van der Waals surface area contributed by atoms with Gasteiger partial charge in [0, 0.05) is 24.7 Å². The van der Waals surface area contributed by atoms with E-state index in [1.54, 1.807) is 22.8 Å². The lowest BCUT2D eigenvalue weighted by molar-refractivity contribution is 0.509. The molecule has 1 unspecified atom stereocenters. The first kappa shape index (κ1) is 14.6. The minimum atomic E-state index is -0.988. The van der Waals surface area contributed by atoms with Gasteiger partial charge < -0.3 is 10.3 Å². The number of aromatic nitrogens is 2. The summed E-state index contributed by atoms with van der Waals surface area (Å²) in [6.07, 6.45) is 0. The van der Waals surface area contributed by atoms with Crippen LogP contribution in [0.3, 0.4) is 0 Å². The van der Waals surface area contributed by atoms with Crippen molar-refractivity contribution >= 4 is 11.0 Å². The molecule has 3 nitrogen and oxygen atoms in total. The van der Waals surface area contributed by atoms with Crippen LogP contribution < -0.4 is 5.73 Å². The van der Waals surface area contributed by atoms with Crippen LogP contribution in [-0.4, -0.2) is 16.1 Å². The monoisotopic (exact) mass is 305 g/mol. The van der Waals surface area contributed by atoms with E-state index < -0.39 is 17.5 Å². The van der Waals surface area contributed by atoms with E-state index in [1.165, 1.54) is 6.07 Å². The summed E-state index contributed by atoms with van der Waals surface area (Å²) >= 11 is 0. The van der Waals surface area contributed by atoms with Crippen LogP contribution in [0.4, 0.5) is 13.2 Å². The van der Waals surface area contributed by atoms with Gasteiger partial charge in [0.1, 0.15) is 11.6 Å². The number of nitrogens with zero attached hydrogens (tertiary/aromatic N) is 2. The number of imidazole rings is 1. The number of benzene rings is 2. The Bertz CT molecular complexity index is 842. The van der Waals surface area contributed by atoms with Crippen molar-refractivity contribution in [1.29, 1.82) is 0 Å². The van der Waals surface area contributed by atoms with Gasteiger partial charge in [0.05, 0.1) is 16.6 Å². The summed E-state index contributed by atoms with van der Waals surface area (Å²) in [5.74, 6) is -2.11. The van der Waals surface area contributed by atoms with Crippen molar-refractivity contribution in [2.45, 2.75) is 13.0 Å². The summed E-state index contributed by atoms with van der Waals surface area (Å²) in [4.78, 5) is 4.28. The van der Waals surface area contributed by atoms with E-state index in [0.29, 0.717) is 11.3 Å². The lowest BCUT2D eigenvalue weighted by Gasteiger charge is -2.16. The molecule has 0 aliphatic heterocycles. The highest BCUT2D eigenvalue weighted by Crippen LogP contribution is 2.30. The molecule has 0 aliphatic carbocycles. The summed E-state index contributed by atoms with van der Waals surface area (Å²) < 4.78 is 42.7. The zero-order valence-electron chi connectivity index (χ0n) is 11.9. The van der Waals surface area contributed by atoms with Crippen LogP contribution in [0.2, 0.25) is 0 Å². The minimum Gasteiger partial charge on any atom is -0.328 e. The number of halogens is 3. The van der Waals surface area contributed by atoms with E-state index in [4.69, 9.17) is 5.73 Å². The zero-order chi connectivity index (χ0) is 15.9. The molecule has 114 valence electrons. The summed E-state index contributed by atoms with van der Waals surface area (Å²) in [7, 11) is 0. The number of hydrogen-bond acceptors (Lipinski definition) is 2. The molecular weight excluding hydrogens is 291 g/mol. The van der Waals surface area contributed by atoms with Crippen molar-refractivity contribution in [3.8, 4) is 11.4 Å². The van der Waals surface area contributed by atoms with Crippen LogP contribution >= 0.6 is 0 Å². The standard InChI is InChI=1S/C16H14F3N3/c1-9(8-20)22-15-7-13(19)12(18)6-14(15)21-16(22)10-4-2-3-5-11(10)17/h2-7,9H,8,20H2,1H3. The van der Waals surface area contributed by atoms with Crippen LogP contribution in [0.15, 0.2) is 36.4 Å². The van der Waals surface area contributed by atoms with Crippen molar-refractivity contribution in [2.75, 3.05) is 6.54 Å². The predicted molar refractivity (Wildman–Crippen MR) is 78.8 cm³/mol. The van der Waals surface area contributed by atoms with Crippen molar-refractivity contribution < 1.29 is 13.2 Å². The first-order chi connectivity index (χ1) is 10.5. The molecule has 0 aliphatic rings. The number of nitrogens with two attached hydrogens (primary N) is 1. The second-order valence-electron chi connectivity index (χ2n) is 5.13. The summed E-state index contributed by atoms with van der Waals surface area (Å²) in [5, 5.41) is 0. The first-order valence-corrected chi connectivity index (χ1v) is 6.85. The van der Waals surface area contributed by atoms with E-state index >= 15 is 0 Å². The average molecular weight is 305 g/mol. The zero-order valence-corrected chi connectivity index (χ0v) is 11.9.